The molecule has 0 aliphatic rings. The molecule has 0 bridgehead atoms. The number of anilines is 1. The summed E-state index contributed by atoms with van der Waals surface area (Å²) in [5.41, 5.74) is 2.53. The molecule has 8 heteroatoms. The van der Waals surface area contributed by atoms with Crippen LogP contribution in [0.1, 0.15) is 15.9 Å². The number of aromatic nitrogens is 5. The minimum atomic E-state index is -0.392. The van der Waals surface area contributed by atoms with Gasteiger partial charge in [-0.3, -0.25) is 14.7 Å². The van der Waals surface area contributed by atoms with Crippen LogP contribution in [0.3, 0.4) is 0 Å². The van der Waals surface area contributed by atoms with E-state index in [-0.39, 0.29) is 11.4 Å². The van der Waals surface area contributed by atoms with Gasteiger partial charge in [0.1, 0.15) is 5.39 Å². The van der Waals surface area contributed by atoms with Crippen LogP contribution in [0.5, 0.6) is 0 Å². The summed E-state index contributed by atoms with van der Waals surface area (Å²) in [4.78, 5) is 27.0. The van der Waals surface area contributed by atoms with Gasteiger partial charge in [-0.15, -0.1) is 0 Å². The Morgan fingerprint density at radius 2 is 2.08 bits per heavy atom. The molecule has 0 aliphatic heterocycles. The number of carbonyl (C=O) groups excluding carboxylic acids is 1. The first-order valence-corrected chi connectivity index (χ1v) is 7.61. The largest absolute Gasteiger partial charge is 0.328 e. The maximum atomic E-state index is 12.5. The van der Waals surface area contributed by atoms with E-state index in [1.807, 2.05) is 31.2 Å². The predicted octanol–water partition coefficient (Wildman–Crippen LogP) is 2.00. The van der Waals surface area contributed by atoms with Crippen LogP contribution in [0.2, 0.25) is 0 Å². The minimum absolute atomic E-state index is 0.186. The fourth-order valence-electron chi connectivity index (χ4n) is 2.64. The van der Waals surface area contributed by atoms with Crippen LogP contribution in [0.15, 0.2) is 53.7 Å². The highest BCUT2D eigenvalue weighted by Gasteiger charge is 2.15. The lowest BCUT2D eigenvalue weighted by molar-refractivity contribution is 0.102. The van der Waals surface area contributed by atoms with Crippen LogP contribution in [-0.4, -0.2) is 30.9 Å². The topological polar surface area (TPSA) is 108 Å². The molecule has 25 heavy (non-hydrogen) atoms. The third-order valence-corrected chi connectivity index (χ3v) is 3.92. The van der Waals surface area contributed by atoms with Gasteiger partial charge in [0.15, 0.2) is 5.82 Å². The van der Waals surface area contributed by atoms with Crippen molar-refractivity contribution >= 4 is 22.6 Å². The molecule has 1 amide bonds. The number of rotatable bonds is 3. The van der Waals surface area contributed by atoms with E-state index in [2.05, 4.69) is 25.6 Å². The number of aryl methyl sites for hydroxylation is 1. The molecule has 0 radical (unpaired) electrons. The third kappa shape index (κ3) is 2.59. The number of pyridine rings is 1. The van der Waals surface area contributed by atoms with E-state index >= 15 is 0 Å². The van der Waals surface area contributed by atoms with Gasteiger partial charge in [-0.25, -0.2) is 4.68 Å². The number of fused-ring (bicyclic) bond motifs is 1. The first kappa shape index (κ1) is 14.9. The van der Waals surface area contributed by atoms with E-state index in [1.165, 1.54) is 12.4 Å². The molecule has 0 atom stereocenters. The SMILES string of the molecule is Cc1ccccc1-n1cc(C(=O)Nc2n[nH]c3cc[nH]c(=O)c23)cn1. The van der Waals surface area contributed by atoms with Gasteiger partial charge in [-0.1, -0.05) is 18.2 Å². The number of hydrogen-bond acceptors (Lipinski definition) is 4. The van der Waals surface area contributed by atoms with Gasteiger partial charge >= 0.3 is 0 Å². The summed E-state index contributed by atoms with van der Waals surface area (Å²) >= 11 is 0. The second kappa shape index (κ2) is 5.75. The Bertz CT molecular complexity index is 1140. The predicted molar refractivity (Wildman–Crippen MR) is 93.0 cm³/mol. The Hall–Kier alpha value is -3.68. The summed E-state index contributed by atoms with van der Waals surface area (Å²) in [7, 11) is 0. The zero-order valence-corrected chi connectivity index (χ0v) is 13.3. The number of H-pyrrole nitrogens is 2. The molecule has 8 nitrogen and oxygen atoms in total. The minimum Gasteiger partial charge on any atom is -0.328 e. The highest BCUT2D eigenvalue weighted by atomic mass is 16.2. The van der Waals surface area contributed by atoms with Crippen LogP contribution >= 0.6 is 0 Å². The van der Waals surface area contributed by atoms with E-state index in [4.69, 9.17) is 0 Å². The average Bonchev–Trinajstić information content (AvgIpc) is 3.24. The van der Waals surface area contributed by atoms with Gasteiger partial charge in [0, 0.05) is 12.4 Å². The number of hydrogen-bond donors (Lipinski definition) is 3. The van der Waals surface area contributed by atoms with Gasteiger partial charge in [0.05, 0.1) is 23.0 Å². The van der Waals surface area contributed by atoms with E-state index in [0.717, 1.165) is 11.3 Å². The smallest absolute Gasteiger partial charge is 0.261 e. The first-order valence-electron chi connectivity index (χ1n) is 7.61. The van der Waals surface area contributed by atoms with Crippen LogP contribution in [0.4, 0.5) is 5.82 Å². The van der Waals surface area contributed by atoms with Crippen LogP contribution in [-0.2, 0) is 0 Å². The number of amides is 1. The molecule has 4 aromatic rings. The average molecular weight is 334 g/mol. The van der Waals surface area contributed by atoms with Crippen molar-refractivity contribution in [3.63, 3.8) is 0 Å². The third-order valence-electron chi connectivity index (χ3n) is 3.92. The van der Waals surface area contributed by atoms with Crippen LogP contribution in [0.25, 0.3) is 16.6 Å². The maximum absolute atomic E-state index is 12.5. The quantitative estimate of drug-likeness (QED) is 0.532. The fraction of sp³-hybridized carbons (Fsp3) is 0.0588. The van der Waals surface area contributed by atoms with Crippen LogP contribution < -0.4 is 10.9 Å². The molecule has 0 unspecified atom stereocenters. The van der Waals surface area contributed by atoms with E-state index in [9.17, 15) is 9.59 Å². The highest BCUT2D eigenvalue weighted by Crippen LogP contribution is 2.17. The second-order valence-electron chi connectivity index (χ2n) is 5.58. The second-order valence-corrected chi connectivity index (χ2v) is 5.58. The van der Waals surface area contributed by atoms with Crippen molar-refractivity contribution in [1.29, 1.82) is 0 Å². The number of para-hydroxylation sites is 1. The summed E-state index contributed by atoms with van der Waals surface area (Å²) in [5, 5.41) is 13.9. The Morgan fingerprint density at radius 1 is 1.24 bits per heavy atom. The molecule has 3 heterocycles. The van der Waals surface area contributed by atoms with Crippen molar-refractivity contribution in [3.8, 4) is 5.69 Å². The number of nitrogens with zero attached hydrogens (tertiary/aromatic N) is 3. The molecular weight excluding hydrogens is 320 g/mol. The molecule has 1 aromatic carbocycles. The number of aromatic amines is 2. The lowest BCUT2D eigenvalue weighted by Gasteiger charge is -2.04. The zero-order chi connectivity index (χ0) is 17.4. The molecule has 0 spiro atoms. The summed E-state index contributed by atoms with van der Waals surface area (Å²) in [6, 6.07) is 9.42. The molecule has 0 saturated carbocycles. The lowest BCUT2D eigenvalue weighted by Crippen LogP contribution is -2.14. The molecule has 3 aromatic heterocycles. The van der Waals surface area contributed by atoms with E-state index in [0.29, 0.717) is 16.5 Å². The number of nitrogens with one attached hydrogen (secondary N) is 3. The van der Waals surface area contributed by atoms with Crippen molar-refractivity contribution in [3.05, 3.63) is 70.4 Å². The molecule has 0 aliphatic carbocycles. The molecule has 124 valence electrons. The Balaban J connectivity index is 1.64. The van der Waals surface area contributed by atoms with Gasteiger partial charge < -0.3 is 10.3 Å². The van der Waals surface area contributed by atoms with Crippen molar-refractivity contribution < 1.29 is 4.79 Å². The highest BCUT2D eigenvalue weighted by molar-refractivity contribution is 6.07. The molecule has 0 fully saturated rings. The number of carbonyl (C=O) groups is 1. The summed E-state index contributed by atoms with van der Waals surface area (Å²) in [6.45, 7) is 1.97. The summed E-state index contributed by atoms with van der Waals surface area (Å²) < 4.78 is 1.64. The normalized spacial score (nSPS) is 10.9. The van der Waals surface area contributed by atoms with Crippen molar-refractivity contribution in [2.24, 2.45) is 0 Å². The maximum Gasteiger partial charge on any atom is 0.261 e. The molecule has 3 N–H and O–H groups in total. The first-order chi connectivity index (χ1) is 12.1. The van der Waals surface area contributed by atoms with E-state index < -0.39 is 5.91 Å². The van der Waals surface area contributed by atoms with Gasteiger partial charge in [0.2, 0.25) is 0 Å². The van der Waals surface area contributed by atoms with Crippen molar-refractivity contribution in [2.75, 3.05) is 5.32 Å². The summed E-state index contributed by atoms with van der Waals surface area (Å²) in [6.07, 6.45) is 4.62. The van der Waals surface area contributed by atoms with Crippen LogP contribution in [0, 0.1) is 6.92 Å². The van der Waals surface area contributed by atoms with E-state index in [1.54, 1.807) is 16.9 Å². The summed E-state index contributed by atoms with van der Waals surface area (Å²) in [5.74, 6) is -0.207. The van der Waals surface area contributed by atoms with Gasteiger partial charge in [-0.05, 0) is 24.6 Å². The van der Waals surface area contributed by atoms with Gasteiger partial charge in [-0.2, -0.15) is 10.2 Å². The zero-order valence-electron chi connectivity index (χ0n) is 13.3. The van der Waals surface area contributed by atoms with Gasteiger partial charge in [0.25, 0.3) is 11.5 Å². The fourth-order valence-corrected chi connectivity index (χ4v) is 2.64. The Kier molecular flexibility index (Phi) is 3.42. The Labute approximate surface area is 141 Å². The standard InChI is InChI=1S/C17H14N6O2/c1-10-4-2-3-5-13(10)23-9-11(8-19-23)16(24)20-15-14-12(21-22-15)6-7-18-17(14)25/h2-9H,1H3,(H,18,25)(H2,20,21,22,24). The number of benzene rings is 1. The molecular formula is C17H14N6O2. The molecule has 0 saturated heterocycles. The monoisotopic (exact) mass is 334 g/mol. The molecule has 4 rings (SSSR count). The van der Waals surface area contributed by atoms with Crippen molar-refractivity contribution in [2.45, 2.75) is 6.92 Å². The van der Waals surface area contributed by atoms with Crippen molar-refractivity contribution in [1.82, 2.24) is 25.0 Å². The lowest BCUT2D eigenvalue weighted by atomic mass is 10.2. The Morgan fingerprint density at radius 3 is 2.92 bits per heavy atom.